The molecule has 0 amide bonds. The van der Waals surface area contributed by atoms with E-state index in [0.717, 1.165) is 6.07 Å². The van der Waals surface area contributed by atoms with Crippen molar-refractivity contribution < 1.29 is 21.8 Å². The van der Waals surface area contributed by atoms with Crippen LogP contribution >= 0.6 is 11.6 Å². The van der Waals surface area contributed by atoms with Crippen LogP contribution in [0.25, 0.3) is 22.2 Å². The topological polar surface area (TPSA) is 73.3 Å². The third-order valence-corrected chi connectivity index (χ3v) is 4.76. The number of ether oxygens (including phenoxy) is 1. The van der Waals surface area contributed by atoms with Crippen molar-refractivity contribution in [3.05, 3.63) is 59.1 Å². The Labute approximate surface area is 154 Å². The van der Waals surface area contributed by atoms with Gasteiger partial charge in [-0.2, -0.15) is 8.42 Å². The van der Waals surface area contributed by atoms with Crippen molar-refractivity contribution in [2.45, 2.75) is 11.8 Å². The van der Waals surface area contributed by atoms with E-state index < -0.39 is 21.1 Å². The van der Waals surface area contributed by atoms with Gasteiger partial charge in [-0.05, 0) is 43.3 Å². The molecule has 2 aromatic carbocycles. The van der Waals surface area contributed by atoms with Gasteiger partial charge in [-0.15, -0.1) is 3.89 Å². The van der Waals surface area contributed by atoms with Crippen molar-refractivity contribution in [1.82, 2.24) is 4.98 Å². The Balaban J connectivity index is 2.24. The first-order valence-electron chi connectivity index (χ1n) is 7.62. The second-order valence-electron chi connectivity index (χ2n) is 5.41. The van der Waals surface area contributed by atoms with Crippen LogP contribution in [-0.4, -0.2) is 26.0 Å². The minimum Gasteiger partial charge on any atom is -0.462 e. The Morgan fingerprint density at radius 2 is 1.85 bits per heavy atom. The Morgan fingerprint density at radius 3 is 2.46 bits per heavy atom. The molecule has 0 saturated heterocycles. The number of rotatable bonds is 4. The molecule has 1 aromatic heterocycles. The van der Waals surface area contributed by atoms with Gasteiger partial charge < -0.3 is 4.74 Å². The zero-order chi connectivity index (χ0) is 18.9. The predicted molar refractivity (Wildman–Crippen MR) is 96.4 cm³/mol. The molecule has 3 rings (SSSR count). The lowest BCUT2D eigenvalue weighted by molar-refractivity contribution is 0.0526. The van der Waals surface area contributed by atoms with Gasteiger partial charge in [-0.25, -0.2) is 9.78 Å². The van der Waals surface area contributed by atoms with Crippen LogP contribution in [0, 0.1) is 0 Å². The van der Waals surface area contributed by atoms with E-state index in [-0.39, 0.29) is 17.9 Å². The molecular weight excluding hydrogens is 381 g/mol. The summed E-state index contributed by atoms with van der Waals surface area (Å²) in [6.45, 7) is 1.88. The van der Waals surface area contributed by atoms with Crippen LogP contribution in [0.15, 0.2) is 53.4 Å². The van der Waals surface area contributed by atoms with Crippen LogP contribution in [0.1, 0.15) is 17.3 Å². The number of pyridine rings is 1. The van der Waals surface area contributed by atoms with Crippen molar-refractivity contribution in [1.29, 1.82) is 0 Å². The summed E-state index contributed by atoms with van der Waals surface area (Å²) in [5.41, 5.74) is 1.01. The molecule has 0 atom stereocenters. The van der Waals surface area contributed by atoms with Gasteiger partial charge in [-0.3, -0.25) is 0 Å². The Hall–Kier alpha value is -2.51. The van der Waals surface area contributed by atoms with E-state index in [1.54, 1.807) is 37.3 Å². The molecule has 0 aliphatic carbocycles. The minimum absolute atomic E-state index is 0.0273. The SMILES string of the molecule is CCOC(=O)c1ccc2nc(-c3ccc(Cl)cc3)c(S(=O)(=O)F)cc2c1. The highest BCUT2D eigenvalue weighted by molar-refractivity contribution is 7.86. The number of esters is 1. The number of nitrogens with zero attached hydrogens (tertiary/aromatic N) is 1. The van der Waals surface area contributed by atoms with Gasteiger partial charge in [0.1, 0.15) is 4.90 Å². The van der Waals surface area contributed by atoms with E-state index >= 15 is 0 Å². The summed E-state index contributed by atoms with van der Waals surface area (Å²) in [5.74, 6) is -0.555. The van der Waals surface area contributed by atoms with E-state index in [0.29, 0.717) is 21.5 Å². The third kappa shape index (κ3) is 3.68. The lowest BCUT2D eigenvalue weighted by Crippen LogP contribution is -2.05. The van der Waals surface area contributed by atoms with Gasteiger partial charge in [0.05, 0.1) is 23.4 Å². The summed E-state index contributed by atoms with van der Waals surface area (Å²) in [6.07, 6.45) is 0. The van der Waals surface area contributed by atoms with Crippen molar-refractivity contribution in [3.63, 3.8) is 0 Å². The molecule has 5 nitrogen and oxygen atoms in total. The maximum Gasteiger partial charge on any atom is 0.338 e. The van der Waals surface area contributed by atoms with Gasteiger partial charge in [0.15, 0.2) is 0 Å². The van der Waals surface area contributed by atoms with Gasteiger partial charge >= 0.3 is 16.2 Å². The molecule has 0 N–H and O–H groups in total. The van der Waals surface area contributed by atoms with Crippen molar-refractivity contribution in [3.8, 4) is 11.3 Å². The predicted octanol–water partition coefficient (Wildman–Crippen LogP) is 4.39. The summed E-state index contributed by atoms with van der Waals surface area (Å²) in [5, 5.41) is 0.766. The molecule has 0 spiro atoms. The quantitative estimate of drug-likeness (QED) is 0.485. The molecule has 0 fully saturated rings. The highest BCUT2D eigenvalue weighted by Gasteiger charge is 2.21. The molecule has 0 aliphatic heterocycles. The monoisotopic (exact) mass is 393 g/mol. The van der Waals surface area contributed by atoms with Crippen molar-refractivity contribution >= 4 is 38.7 Å². The van der Waals surface area contributed by atoms with Crippen LogP contribution in [0.3, 0.4) is 0 Å². The van der Waals surface area contributed by atoms with Gasteiger partial charge in [0.25, 0.3) is 0 Å². The van der Waals surface area contributed by atoms with Crippen molar-refractivity contribution in [2.24, 2.45) is 0 Å². The van der Waals surface area contributed by atoms with Crippen LogP contribution in [0.4, 0.5) is 3.89 Å². The second-order valence-corrected chi connectivity index (χ2v) is 7.16. The molecule has 3 aromatic rings. The first-order chi connectivity index (χ1) is 12.3. The van der Waals surface area contributed by atoms with E-state index in [1.807, 2.05) is 0 Å². The fourth-order valence-electron chi connectivity index (χ4n) is 2.50. The maximum absolute atomic E-state index is 13.9. The molecule has 134 valence electrons. The second kappa shape index (κ2) is 7.01. The number of hydrogen-bond acceptors (Lipinski definition) is 5. The first kappa shape index (κ1) is 18.3. The lowest BCUT2D eigenvalue weighted by atomic mass is 10.1. The molecule has 8 heteroatoms. The summed E-state index contributed by atoms with van der Waals surface area (Å²) in [6, 6.07) is 11.9. The molecule has 0 saturated carbocycles. The highest BCUT2D eigenvalue weighted by Crippen LogP contribution is 2.31. The Morgan fingerprint density at radius 1 is 1.15 bits per heavy atom. The number of hydrogen-bond donors (Lipinski definition) is 0. The summed E-state index contributed by atoms with van der Waals surface area (Å²) < 4.78 is 42.1. The average Bonchev–Trinajstić information content (AvgIpc) is 2.60. The first-order valence-corrected chi connectivity index (χ1v) is 9.38. The molecule has 0 unspecified atom stereocenters. The molecule has 1 heterocycles. The fraction of sp³-hybridized carbons (Fsp3) is 0.111. The largest absolute Gasteiger partial charge is 0.462 e. The number of carbonyl (C=O) groups excluding carboxylic acids is 1. The normalized spacial score (nSPS) is 11.5. The fourth-order valence-corrected chi connectivity index (χ4v) is 3.29. The number of aromatic nitrogens is 1. The molecule has 0 aliphatic rings. The molecule has 0 bridgehead atoms. The minimum atomic E-state index is -5.04. The van der Waals surface area contributed by atoms with E-state index in [1.165, 1.54) is 12.1 Å². The van der Waals surface area contributed by atoms with Crippen LogP contribution in [-0.2, 0) is 15.0 Å². The smallest absolute Gasteiger partial charge is 0.338 e. The van der Waals surface area contributed by atoms with E-state index in [4.69, 9.17) is 16.3 Å². The van der Waals surface area contributed by atoms with Crippen LogP contribution < -0.4 is 0 Å². The van der Waals surface area contributed by atoms with Gasteiger partial charge in [-0.1, -0.05) is 23.7 Å². The standard InChI is InChI=1S/C18H13ClFNO4S/c1-2-25-18(22)12-5-8-15-13(9-12)10-16(26(20,23)24)17(21-15)11-3-6-14(19)7-4-11/h3-10H,2H2,1H3. The highest BCUT2D eigenvalue weighted by atomic mass is 35.5. The Bertz CT molecular complexity index is 1100. The lowest BCUT2D eigenvalue weighted by Gasteiger charge is -2.09. The number of halogens is 2. The maximum atomic E-state index is 13.9. The number of carbonyl (C=O) groups is 1. The summed E-state index contributed by atoms with van der Waals surface area (Å²) in [7, 11) is -5.04. The van der Waals surface area contributed by atoms with E-state index in [9.17, 15) is 17.1 Å². The van der Waals surface area contributed by atoms with Gasteiger partial charge in [0.2, 0.25) is 0 Å². The summed E-state index contributed by atoms with van der Waals surface area (Å²) in [4.78, 5) is 15.5. The number of benzene rings is 2. The summed E-state index contributed by atoms with van der Waals surface area (Å²) >= 11 is 5.84. The molecular formula is C18H13ClFNO4S. The zero-order valence-electron chi connectivity index (χ0n) is 13.6. The Kier molecular flexibility index (Phi) is 4.93. The third-order valence-electron chi connectivity index (χ3n) is 3.67. The average molecular weight is 394 g/mol. The van der Waals surface area contributed by atoms with Gasteiger partial charge in [0, 0.05) is 16.0 Å². The van der Waals surface area contributed by atoms with E-state index in [2.05, 4.69) is 4.98 Å². The van der Waals surface area contributed by atoms with Crippen LogP contribution in [0.2, 0.25) is 5.02 Å². The number of fused-ring (bicyclic) bond motifs is 1. The van der Waals surface area contributed by atoms with Crippen molar-refractivity contribution in [2.75, 3.05) is 6.61 Å². The van der Waals surface area contributed by atoms with Crippen LogP contribution in [0.5, 0.6) is 0 Å². The molecule has 26 heavy (non-hydrogen) atoms. The zero-order valence-corrected chi connectivity index (χ0v) is 15.1. The molecule has 0 radical (unpaired) electrons.